The molecule has 2 N–H and O–H groups in total. The van der Waals surface area contributed by atoms with Gasteiger partial charge in [0.1, 0.15) is 0 Å². The van der Waals surface area contributed by atoms with Crippen molar-refractivity contribution in [2.75, 3.05) is 18.8 Å². The summed E-state index contributed by atoms with van der Waals surface area (Å²) in [5.74, 6) is 0.454. The lowest BCUT2D eigenvalue weighted by Crippen LogP contribution is -2.29. The molecule has 1 fully saturated rings. The van der Waals surface area contributed by atoms with Gasteiger partial charge < -0.3 is 10.6 Å². The van der Waals surface area contributed by atoms with Crippen molar-refractivity contribution in [1.29, 1.82) is 0 Å². The first-order valence-electron chi connectivity index (χ1n) is 7.21. The number of nitrogens with zero attached hydrogens (tertiary/aromatic N) is 2. The molecular formula is C17H19N3O. The highest BCUT2D eigenvalue weighted by atomic mass is 16.2. The summed E-state index contributed by atoms with van der Waals surface area (Å²) in [4.78, 5) is 18.7. The molecule has 108 valence electrons. The number of anilines is 1. The average Bonchev–Trinajstić information content (AvgIpc) is 3.00. The molecule has 21 heavy (non-hydrogen) atoms. The molecule has 0 aliphatic carbocycles. The van der Waals surface area contributed by atoms with Crippen molar-refractivity contribution in [3.8, 4) is 0 Å². The summed E-state index contributed by atoms with van der Waals surface area (Å²) >= 11 is 0. The Morgan fingerprint density at radius 2 is 2.10 bits per heavy atom. The van der Waals surface area contributed by atoms with Gasteiger partial charge in [-0.3, -0.25) is 9.78 Å². The zero-order valence-corrected chi connectivity index (χ0v) is 12.1. The van der Waals surface area contributed by atoms with Crippen LogP contribution in [-0.2, 0) is 0 Å². The highest BCUT2D eigenvalue weighted by Gasteiger charge is 2.28. The second kappa shape index (κ2) is 5.56. The van der Waals surface area contributed by atoms with Crippen LogP contribution in [0, 0.1) is 6.92 Å². The third-order valence-corrected chi connectivity index (χ3v) is 4.08. The molecule has 2 aromatic rings. The van der Waals surface area contributed by atoms with Gasteiger partial charge in [0.2, 0.25) is 0 Å². The molecule has 1 aliphatic rings. The van der Waals surface area contributed by atoms with Crippen LogP contribution in [0.5, 0.6) is 0 Å². The summed E-state index contributed by atoms with van der Waals surface area (Å²) in [6, 6.07) is 12.1. The number of benzene rings is 1. The zero-order chi connectivity index (χ0) is 14.8. The van der Waals surface area contributed by atoms with Crippen LogP contribution in [-0.4, -0.2) is 28.9 Å². The number of pyridine rings is 1. The van der Waals surface area contributed by atoms with Gasteiger partial charge in [-0.2, -0.15) is 0 Å². The molecule has 1 saturated heterocycles. The van der Waals surface area contributed by atoms with Crippen LogP contribution in [0.3, 0.4) is 0 Å². The van der Waals surface area contributed by atoms with E-state index in [1.165, 1.54) is 5.56 Å². The Bertz CT molecular complexity index is 654. The fourth-order valence-electron chi connectivity index (χ4n) is 2.88. The first-order valence-corrected chi connectivity index (χ1v) is 7.21. The molecule has 1 amide bonds. The number of rotatable bonds is 2. The molecule has 2 heterocycles. The first kappa shape index (κ1) is 13.6. The average molecular weight is 281 g/mol. The summed E-state index contributed by atoms with van der Waals surface area (Å²) in [6.45, 7) is 3.39. The number of nitrogen functional groups attached to an aromatic ring is 1. The van der Waals surface area contributed by atoms with Crippen LogP contribution in [0.2, 0.25) is 0 Å². The van der Waals surface area contributed by atoms with Crippen LogP contribution < -0.4 is 5.73 Å². The molecule has 4 nitrogen and oxygen atoms in total. The predicted molar refractivity (Wildman–Crippen MR) is 83.1 cm³/mol. The van der Waals surface area contributed by atoms with Gasteiger partial charge in [0, 0.05) is 19.0 Å². The molecular weight excluding hydrogens is 262 g/mol. The number of carbonyl (C=O) groups excluding carboxylic acids is 1. The molecule has 0 saturated carbocycles. The first-order chi connectivity index (χ1) is 10.1. The molecule has 1 aromatic carbocycles. The second-order valence-electron chi connectivity index (χ2n) is 5.55. The lowest BCUT2D eigenvalue weighted by molar-refractivity contribution is 0.0789. The molecule has 0 spiro atoms. The maximum atomic E-state index is 12.6. The zero-order valence-electron chi connectivity index (χ0n) is 12.1. The lowest BCUT2D eigenvalue weighted by Gasteiger charge is -2.18. The molecule has 1 atom stereocenters. The Morgan fingerprint density at radius 1 is 1.33 bits per heavy atom. The van der Waals surface area contributed by atoms with Gasteiger partial charge >= 0.3 is 0 Å². The minimum atomic E-state index is 0.0331. The number of aryl methyl sites for hydroxylation is 1. The van der Waals surface area contributed by atoms with E-state index in [4.69, 9.17) is 5.73 Å². The number of hydrogen-bond acceptors (Lipinski definition) is 3. The highest BCUT2D eigenvalue weighted by molar-refractivity contribution is 5.96. The van der Waals surface area contributed by atoms with Gasteiger partial charge in [0.25, 0.3) is 5.91 Å². The van der Waals surface area contributed by atoms with Crippen LogP contribution in [0.25, 0.3) is 0 Å². The number of aromatic nitrogens is 1. The van der Waals surface area contributed by atoms with Crippen molar-refractivity contribution in [3.63, 3.8) is 0 Å². The molecule has 0 bridgehead atoms. The van der Waals surface area contributed by atoms with E-state index in [-0.39, 0.29) is 5.91 Å². The minimum absolute atomic E-state index is 0.0331. The van der Waals surface area contributed by atoms with E-state index in [0.717, 1.165) is 25.2 Å². The summed E-state index contributed by atoms with van der Waals surface area (Å²) in [5.41, 5.74) is 8.93. The van der Waals surface area contributed by atoms with Crippen LogP contribution in [0.1, 0.15) is 34.0 Å². The van der Waals surface area contributed by atoms with E-state index < -0.39 is 0 Å². The summed E-state index contributed by atoms with van der Waals surface area (Å²) in [6.07, 6.45) is 2.59. The number of nitrogens with two attached hydrogens (primary N) is 1. The Hall–Kier alpha value is -2.36. The second-order valence-corrected chi connectivity index (χ2v) is 5.55. The van der Waals surface area contributed by atoms with Crippen molar-refractivity contribution in [2.24, 2.45) is 0 Å². The fraction of sp³-hybridized carbons (Fsp3) is 0.294. The number of hydrogen-bond donors (Lipinski definition) is 1. The fourth-order valence-corrected chi connectivity index (χ4v) is 2.88. The van der Waals surface area contributed by atoms with Gasteiger partial charge in [0.15, 0.2) is 0 Å². The van der Waals surface area contributed by atoms with Gasteiger partial charge in [-0.25, -0.2) is 0 Å². The van der Waals surface area contributed by atoms with Gasteiger partial charge in [0.05, 0.1) is 23.1 Å². The lowest BCUT2D eigenvalue weighted by atomic mass is 9.99. The monoisotopic (exact) mass is 281 g/mol. The number of likely N-dealkylation sites (tertiary alicyclic amines) is 1. The topological polar surface area (TPSA) is 59.2 Å². The van der Waals surface area contributed by atoms with Crippen molar-refractivity contribution in [2.45, 2.75) is 19.3 Å². The van der Waals surface area contributed by atoms with Crippen LogP contribution in [0.15, 0.2) is 42.6 Å². The van der Waals surface area contributed by atoms with Gasteiger partial charge in [-0.05, 0) is 25.0 Å². The molecule has 0 radical (unpaired) electrons. The van der Waals surface area contributed by atoms with E-state index in [9.17, 15) is 4.79 Å². The maximum absolute atomic E-state index is 12.6. The van der Waals surface area contributed by atoms with Gasteiger partial charge in [-0.15, -0.1) is 0 Å². The summed E-state index contributed by atoms with van der Waals surface area (Å²) in [7, 11) is 0. The Balaban J connectivity index is 1.77. The van der Waals surface area contributed by atoms with E-state index >= 15 is 0 Å². The molecule has 4 heteroatoms. The van der Waals surface area contributed by atoms with Crippen molar-refractivity contribution >= 4 is 11.6 Å². The number of amides is 1. The van der Waals surface area contributed by atoms with Crippen LogP contribution >= 0.6 is 0 Å². The molecule has 3 rings (SSSR count). The predicted octanol–water partition coefficient (Wildman–Crippen LogP) is 2.60. The summed E-state index contributed by atoms with van der Waals surface area (Å²) in [5, 5.41) is 0. The van der Waals surface area contributed by atoms with E-state index in [0.29, 0.717) is 17.2 Å². The smallest absolute Gasteiger partial charge is 0.255 e. The highest BCUT2D eigenvalue weighted by Crippen LogP contribution is 2.28. The largest absolute Gasteiger partial charge is 0.397 e. The minimum Gasteiger partial charge on any atom is -0.397 e. The van der Waals surface area contributed by atoms with Crippen molar-refractivity contribution in [3.05, 3.63) is 59.4 Å². The Labute approximate surface area is 124 Å². The standard InChI is InChI=1S/C17H19N3O/c1-12-16(9-15(18)10-19-12)17(21)20-8-7-14(11-20)13-5-3-2-4-6-13/h2-6,9-10,14H,7-8,11,18H2,1H3. The normalized spacial score (nSPS) is 18.0. The Morgan fingerprint density at radius 3 is 2.86 bits per heavy atom. The van der Waals surface area contributed by atoms with E-state index in [2.05, 4.69) is 17.1 Å². The van der Waals surface area contributed by atoms with Crippen molar-refractivity contribution < 1.29 is 4.79 Å². The maximum Gasteiger partial charge on any atom is 0.255 e. The van der Waals surface area contributed by atoms with Crippen molar-refractivity contribution in [1.82, 2.24) is 9.88 Å². The Kier molecular flexibility index (Phi) is 3.60. The SMILES string of the molecule is Cc1ncc(N)cc1C(=O)N1CCC(c2ccccc2)C1. The molecule has 1 aromatic heterocycles. The quantitative estimate of drug-likeness (QED) is 0.920. The number of carbonyl (C=O) groups is 1. The van der Waals surface area contributed by atoms with Gasteiger partial charge in [-0.1, -0.05) is 30.3 Å². The van der Waals surface area contributed by atoms with E-state index in [1.807, 2.05) is 30.0 Å². The molecule has 1 aliphatic heterocycles. The molecule has 1 unspecified atom stereocenters. The summed E-state index contributed by atoms with van der Waals surface area (Å²) < 4.78 is 0. The third kappa shape index (κ3) is 2.75. The van der Waals surface area contributed by atoms with Crippen LogP contribution in [0.4, 0.5) is 5.69 Å². The van der Waals surface area contributed by atoms with E-state index in [1.54, 1.807) is 12.3 Å². The third-order valence-electron chi connectivity index (χ3n) is 4.08.